The zero-order valence-corrected chi connectivity index (χ0v) is 12.6. The van der Waals surface area contributed by atoms with Crippen LogP contribution in [0.2, 0.25) is 0 Å². The van der Waals surface area contributed by atoms with Gasteiger partial charge in [0.05, 0.1) is 6.04 Å². The number of thiophene rings is 1. The highest BCUT2D eigenvalue weighted by molar-refractivity contribution is 7.19. The summed E-state index contributed by atoms with van der Waals surface area (Å²) in [4.78, 5) is 5.04. The number of aromatic nitrogens is 1. The first-order valence-corrected chi connectivity index (χ1v) is 7.81. The van der Waals surface area contributed by atoms with Gasteiger partial charge in [-0.15, -0.1) is 22.7 Å². The van der Waals surface area contributed by atoms with Crippen molar-refractivity contribution < 1.29 is 13.2 Å². The van der Waals surface area contributed by atoms with Gasteiger partial charge in [-0.3, -0.25) is 0 Å². The molecule has 2 nitrogen and oxygen atoms in total. The van der Waals surface area contributed by atoms with Crippen LogP contribution >= 0.6 is 22.7 Å². The Balaban J connectivity index is 1.99. The molecule has 1 N–H and O–H groups in total. The van der Waals surface area contributed by atoms with Crippen molar-refractivity contribution in [3.8, 4) is 0 Å². The fourth-order valence-electron chi connectivity index (χ4n) is 2.12. The maximum atomic E-state index is 12.7. The minimum atomic E-state index is -4.39. The maximum Gasteiger partial charge on any atom is 0.443 e. The highest BCUT2D eigenvalue weighted by Gasteiger charge is 2.35. The number of alkyl halides is 3. The van der Waals surface area contributed by atoms with Gasteiger partial charge < -0.3 is 5.32 Å². The van der Waals surface area contributed by atoms with E-state index >= 15 is 0 Å². The van der Waals surface area contributed by atoms with E-state index in [0.29, 0.717) is 16.2 Å². The predicted molar refractivity (Wildman–Crippen MR) is 79.8 cm³/mol. The van der Waals surface area contributed by atoms with E-state index in [-0.39, 0.29) is 6.04 Å². The number of rotatable bonds is 3. The smallest absolute Gasteiger partial charge is 0.308 e. The number of halogens is 3. The van der Waals surface area contributed by atoms with Crippen molar-refractivity contribution in [1.82, 2.24) is 10.3 Å². The summed E-state index contributed by atoms with van der Waals surface area (Å²) in [6, 6.07) is 9.64. The number of nitrogens with one attached hydrogen (secondary N) is 1. The minimum Gasteiger partial charge on any atom is -0.308 e. The summed E-state index contributed by atoms with van der Waals surface area (Å²) in [6.07, 6.45) is -3.08. The van der Waals surface area contributed by atoms with Crippen molar-refractivity contribution in [1.29, 1.82) is 0 Å². The van der Waals surface area contributed by atoms with Crippen molar-refractivity contribution in [2.45, 2.75) is 12.2 Å². The van der Waals surface area contributed by atoms with Gasteiger partial charge in [-0.25, -0.2) is 4.98 Å². The Bertz CT molecular complexity index is 728. The van der Waals surface area contributed by atoms with Gasteiger partial charge in [-0.1, -0.05) is 18.2 Å². The Hall–Kier alpha value is -1.44. The van der Waals surface area contributed by atoms with Crippen LogP contribution in [0.25, 0.3) is 10.1 Å². The van der Waals surface area contributed by atoms with Gasteiger partial charge in [-0.2, -0.15) is 13.2 Å². The zero-order valence-electron chi connectivity index (χ0n) is 10.9. The summed E-state index contributed by atoms with van der Waals surface area (Å²) in [5, 5.41) is 3.36. The first-order valence-electron chi connectivity index (χ1n) is 6.17. The lowest BCUT2D eigenvalue weighted by atomic mass is 10.2. The first-order chi connectivity index (χ1) is 9.99. The van der Waals surface area contributed by atoms with E-state index in [0.717, 1.165) is 15.0 Å². The molecule has 0 aliphatic heterocycles. The van der Waals surface area contributed by atoms with Crippen molar-refractivity contribution in [2.24, 2.45) is 0 Å². The Morgan fingerprint density at radius 3 is 2.52 bits per heavy atom. The average Bonchev–Trinajstić information content (AvgIpc) is 3.05. The summed E-state index contributed by atoms with van der Waals surface area (Å²) in [5.41, 5.74) is 0. The highest BCUT2D eigenvalue weighted by atomic mass is 32.1. The molecule has 0 aliphatic rings. The van der Waals surface area contributed by atoms with E-state index in [2.05, 4.69) is 10.3 Å². The van der Waals surface area contributed by atoms with Gasteiger partial charge in [0.15, 0.2) is 5.01 Å². The molecule has 0 saturated heterocycles. The van der Waals surface area contributed by atoms with Crippen molar-refractivity contribution in [3.05, 3.63) is 51.3 Å². The van der Waals surface area contributed by atoms with E-state index in [1.807, 2.05) is 30.3 Å². The van der Waals surface area contributed by atoms with Crippen LogP contribution in [0.3, 0.4) is 0 Å². The molecule has 1 aromatic carbocycles. The van der Waals surface area contributed by atoms with Crippen LogP contribution in [0.5, 0.6) is 0 Å². The molecule has 110 valence electrons. The number of thiazole rings is 1. The van der Waals surface area contributed by atoms with Crippen LogP contribution in [0, 0.1) is 0 Å². The van der Waals surface area contributed by atoms with Gasteiger partial charge in [0.1, 0.15) is 0 Å². The molecule has 0 spiro atoms. The molecular weight excluding hydrogens is 317 g/mol. The number of benzene rings is 1. The normalized spacial score (nSPS) is 13.7. The zero-order chi connectivity index (χ0) is 15.0. The van der Waals surface area contributed by atoms with Crippen LogP contribution in [0.15, 0.2) is 36.5 Å². The average molecular weight is 328 g/mol. The SMILES string of the molecule is CNC(c1cnc(C(F)(F)F)s1)c1cc2ccccc2s1. The topological polar surface area (TPSA) is 24.9 Å². The van der Waals surface area contributed by atoms with Crippen LogP contribution in [-0.4, -0.2) is 12.0 Å². The summed E-state index contributed by atoms with van der Waals surface area (Å²) in [6.45, 7) is 0. The van der Waals surface area contributed by atoms with Crippen molar-refractivity contribution >= 4 is 32.8 Å². The Morgan fingerprint density at radius 1 is 1.14 bits per heavy atom. The Morgan fingerprint density at radius 2 is 1.90 bits per heavy atom. The molecule has 2 heterocycles. The van der Waals surface area contributed by atoms with E-state index in [1.165, 1.54) is 6.20 Å². The molecule has 0 aliphatic carbocycles. The molecule has 0 bridgehead atoms. The molecular formula is C14H11F3N2S2. The molecule has 3 rings (SSSR count). The van der Waals surface area contributed by atoms with Gasteiger partial charge in [0.2, 0.25) is 0 Å². The van der Waals surface area contributed by atoms with Crippen LogP contribution in [-0.2, 0) is 6.18 Å². The molecule has 3 aromatic rings. The summed E-state index contributed by atoms with van der Waals surface area (Å²) < 4.78 is 39.1. The van der Waals surface area contributed by atoms with Gasteiger partial charge in [0.25, 0.3) is 0 Å². The number of nitrogens with zero attached hydrogens (tertiary/aromatic N) is 1. The monoisotopic (exact) mass is 328 g/mol. The third kappa shape index (κ3) is 2.81. The predicted octanol–water partition coefficient (Wildman–Crippen LogP) is 4.69. The summed E-state index contributed by atoms with van der Waals surface area (Å²) in [5.74, 6) is 0. The fraction of sp³-hybridized carbons (Fsp3) is 0.214. The highest BCUT2D eigenvalue weighted by Crippen LogP contribution is 2.38. The first kappa shape index (κ1) is 14.5. The second-order valence-corrected chi connectivity index (χ2v) is 6.65. The fourth-order valence-corrected chi connectivity index (χ4v) is 4.30. The van der Waals surface area contributed by atoms with Crippen LogP contribution in [0.1, 0.15) is 20.8 Å². The third-order valence-electron chi connectivity index (χ3n) is 3.07. The molecule has 0 radical (unpaired) electrons. The molecule has 0 saturated carbocycles. The lowest BCUT2D eigenvalue weighted by molar-refractivity contribution is -0.137. The molecule has 1 unspecified atom stereocenters. The molecule has 1 atom stereocenters. The molecule has 21 heavy (non-hydrogen) atoms. The quantitative estimate of drug-likeness (QED) is 0.755. The van der Waals surface area contributed by atoms with Gasteiger partial charge >= 0.3 is 6.18 Å². The van der Waals surface area contributed by atoms with Crippen LogP contribution in [0.4, 0.5) is 13.2 Å². The molecule has 0 fully saturated rings. The number of hydrogen-bond donors (Lipinski definition) is 1. The lowest BCUT2D eigenvalue weighted by Crippen LogP contribution is -2.15. The standard InChI is InChI=1S/C14H11F3N2S2/c1-18-12(11-7-19-13(21-11)14(15,16)17)10-6-8-4-2-3-5-9(8)20-10/h2-7,12,18H,1H3. The van der Waals surface area contributed by atoms with Gasteiger partial charge in [-0.05, 0) is 24.6 Å². The summed E-state index contributed by atoms with van der Waals surface area (Å²) >= 11 is 2.26. The Labute approximate surface area is 127 Å². The van der Waals surface area contributed by atoms with E-state index in [4.69, 9.17) is 0 Å². The van der Waals surface area contributed by atoms with E-state index in [9.17, 15) is 13.2 Å². The Kier molecular flexibility index (Phi) is 3.73. The van der Waals surface area contributed by atoms with Crippen molar-refractivity contribution in [2.75, 3.05) is 7.05 Å². The van der Waals surface area contributed by atoms with E-state index < -0.39 is 11.2 Å². The van der Waals surface area contributed by atoms with Crippen molar-refractivity contribution in [3.63, 3.8) is 0 Å². The lowest BCUT2D eigenvalue weighted by Gasteiger charge is -2.11. The maximum absolute atomic E-state index is 12.7. The number of hydrogen-bond acceptors (Lipinski definition) is 4. The molecule has 0 amide bonds. The van der Waals surface area contributed by atoms with Crippen LogP contribution < -0.4 is 5.32 Å². The van der Waals surface area contributed by atoms with E-state index in [1.54, 1.807) is 18.4 Å². The molecule has 7 heteroatoms. The molecule has 2 aromatic heterocycles. The third-order valence-corrected chi connectivity index (χ3v) is 5.36. The second-order valence-electron chi connectivity index (χ2n) is 4.47. The summed E-state index contributed by atoms with van der Waals surface area (Å²) in [7, 11) is 1.74. The van der Waals surface area contributed by atoms with Gasteiger partial charge in [0, 0.05) is 20.7 Å². The second kappa shape index (κ2) is 5.40. The number of fused-ring (bicyclic) bond motifs is 1. The minimum absolute atomic E-state index is 0.268. The largest absolute Gasteiger partial charge is 0.443 e.